The fourth-order valence-electron chi connectivity index (χ4n) is 1.03. The van der Waals surface area contributed by atoms with Gasteiger partial charge >= 0.3 is 0 Å². The average Bonchev–Trinajstić information content (AvgIpc) is 2.26. The van der Waals surface area contributed by atoms with Gasteiger partial charge in [0, 0.05) is 11.6 Å². The minimum absolute atomic E-state index is 0.0365. The van der Waals surface area contributed by atoms with E-state index in [1.807, 2.05) is 0 Å². The number of benzene rings is 1. The van der Waals surface area contributed by atoms with Crippen LogP contribution < -0.4 is 10.5 Å². The third-order valence-electron chi connectivity index (χ3n) is 1.90. The lowest BCUT2D eigenvalue weighted by Crippen LogP contribution is -2.21. The summed E-state index contributed by atoms with van der Waals surface area (Å²) in [5.41, 5.74) is 6.29. The number of ether oxygens (including phenoxy) is 1. The van der Waals surface area contributed by atoms with Crippen LogP contribution in [0.5, 0.6) is 5.75 Å². The molecule has 0 aliphatic heterocycles. The molecule has 0 radical (unpaired) electrons. The summed E-state index contributed by atoms with van der Waals surface area (Å²) in [6.07, 6.45) is -0.877. The van der Waals surface area contributed by atoms with E-state index < -0.39 is 6.10 Å². The standard InChI is InChI=1S/C10H14ClNO3/c11-10-3-9(2-1-7(10)4-12)15-6-8(14)5-13/h1-3,8,13-14H,4-6,12H2/t8-/m0/s1. The summed E-state index contributed by atoms with van der Waals surface area (Å²) in [6.45, 7) is 0.0851. The second-order valence-electron chi connectivity index (χ2n) is 3.10. The number of hydrogen-bond donors (Lipinski definition) is 3. The van der Waals surface area contributed by atoms with Crippen molar-refractivity contribution in [3.05, 3.63) is 28.8 Å². The minimum Gasteiger partial charge on any atom is -0.491 e. The Balaban J connectivity index is 2.59. The van der Waals surface area contributed by atoms with Crippen LogP contribution in [0.3, 0.4) is 0 Å². The molecular weight excluding hydrogens is 218 g/mol. The van der Waals surface area contributed by atoms with E-state index in [0.717, 1.165) is 5.56 Å². The first-order valence-corrected chi connectivity index (χ1v) is 4.95. The number of hydrogen-bond acceptors (Lipinski definition) is 4. The van der Waals surface area contributed by atoms with E-state index >= 15 is 0 Å². The molecule has 5 heteroatoms. The number of nitrogens with two attached hydrogens (primary N) is 1. The molecule has 0 spiro atoms. The molecule has 1 rings (SSSR count). The Kier molecular flexibility index (Phi) is 4.84. The Labute approximate surface area is 93.2 Å². The molecule has 84 valence electrons. The zero-order valence-corrected chi connectivity index (χ0v) is 8.94. The van der Waals surface area contributed by atoms with Crippen LogP contribution in [0.2, 0.25) is 5.02 Å². The van der Waals surface area contributed by atoms with Gasteiger partial charge in [-0.3, -0.25) is 0 Å². The van der Waals surface area contributed by atoms with Crippen molar-refractivity contribution in [3.63, 3.8) is 0 Å². The van der Waals surface area contributed by atoms with Crippen molar-refractivity contribution in [2.75, 3.05) is 13.2 Å². The van der Waals surface area contributed by atoms with Gasteiger partial charge in [0.05, 0.1) is 6.61 Å². The third-order valence-corrected chi connectivity index (χ3v) is 2.25. The predicted molar refractivity (Wildman–Crippen MR) is 57.9 cm³/mol. The molecule has 0 saturated carbocycles. The molecule has 0 bridgehead atoms. The van der Waals surface area contributed by atoms with E-state index in [2.05, 4.69) is 0 Å². The van der Waals surface area contributed by atoms with Gasteiger partial charge in [0.1, 0.15) is 18.5 Å². The SMILES string of the molecule is NCc1ccc(OC[C@@H](O)CO)cc1Cl. The maximum absolute atomic E-state index is 9.06. The van der Waals surface area contributed by atoms with Gasteiger partial charge in [0.15, 0.2) is 0 Å². The first kappa shape index (κ1) is 12.3. The smallest absolute Gasteiger partial charge is 0.120 e. The van der Waals surface area contributed by atoms with Crippen LogP contribution in [0.4, 0.5) is 0 Å². The quantitative estimate of drug-likeness (QED) is 0.691. The maximum atomic E-state index is 9.06. The number of aliphatic hydroxyl groups is 2. The fraction of sp³-hybridized carbons (Fsp3) is 0.400. The summed E-state index contributed by atoms with van der Waals surface area (Å²) in [5, 5.41) is 18.2. The van der Waals surface area contributed by atoms with E-state index in [0.29, 0.717) is 17.3 Å². The van der Waals surface area contributed by atoms with Crippen molar-refractivity contribution < 1.29 is 14.9 Å². The van der Waals surface area contributed by atoms with Gasteiger partial charge in [-0.2, -0.15) is 0 Å². The molecule has 0 fully saturated rings. The van der Waals surface area contributed by atoms with Crippen LogP contribution in [0, 0.1) is 0 Å². The molecule has 1 atom stereocenters. The summed E-state index contributed by atoms with van der Waals surface area (Å²) in [5.74, 6) is 0.546. The Morgan fingerprint density at radius 3 is 2.73 bits per heavy atom. The molecule has 4 nitrogen and oxygen atoms in total. The molecule has 0 aromatic heterocycles. The molecule has 0 saturated heterocycles. The topological polar surface area (TPSA) is 75.7 Å². The summed E-state index contributed by atoms with van der Waals surface area (Å²) in [6, 6.07) is 5.12. The Morgan fingerprint density at radius 1 is 1.47 bits per heavy atom. The van der Waals surface area contributed by atoms with Crippen molar-refractivity contribution in [1.82, 2.24) is 0 Å². The van der Waals surface area contributed by atoms with Crippen molar-refractivity contribution in [1.29, 1.82) is 0 Å². The Morgan fingerprint density at radius 2 is 2.20 bits per heavy atom. The van der Waals surface area contributed by atoms with Crippen molar-refractivity contribution >= 4 is 11.6 Å². The second kappa shape index (κ2) is 5.92. The van der Waals surface area contributed by atoms with Gasteiger partial charge in [-0.1, -0.05) is 17.7 Å². The van der Waals surface area contributed by atoms with E-state index in [9.17, 15) is 0 Å². The third kappa shape index (κ3) is 3.68. The lowest BCUT2D eigenvalue weighted by molar-refractivity contribution is 0.0536. The van der Waals surface area contributed by atoms with E-state index in [-0.39, 0.29) is 13.2 Å². The van der Waals surface area contributed by atoms with Crippen LogP contribution in [0.15, 0.2) is 18.2 Å². The zero-order chi connectivity index (χ0) is 11.3. The van der Waals surface area contributed by atoms with Gasteiger partial charge in [0.2, 0.25) is 0 Å². The molecule has 1 aromatic carbocycles. The predicted octanol–water partition coefficient (Wildman–Crippen LogP) is 0.531. The summed E-state index contributed by atoms with van der Waals surface area (Å²) in [4.78, 5) is 0. The lowest BCUT2D eigenvalue weighted by atomic mass is 10.2. The van der Waals surface area contributed by atoms with Crippen molar-refractivity contribution in [2.45, 2.75) is 12.6 Å². The molecule has 15 heavy (non-hydrogen) atoms. The number of halogens is 1. The minimum atomic E-state index is -0.877. The van der Waals surface area contributed by atoms with Crippen LogP contribution >= 0.6 is 11.6 Å². The highest BCUT2D eigenvalue weighted by atomic mass is 35.5. The molecule has 1 aromatic rings. The molecule has 0 unspecified atom stereocenters. The first-order chi connectivity index (χ1) is 7.17. The first-order valence-electron chi connectivity index (χ1n) is 4.57. The van der Waals surface area contributed by atoms with Crippen LogP contribution in [-0.2, 0) is 6.54 Å². The van der Waals surface area contributed by atoms with Crippen LogP contribution in [-0.4, -0.2) is 29.5 Å². The highest BCUT2D eigenvalue weighted by molar-refractivity contribution is 6.31. The summed E-state index contributed by atoms with van der Waals surface area (Å²) in [7, 11) is 0. The lowest BCUT2D eigenvalue weighted by Gasteiger charge is -2.10. The van der Waals surface area contributed by atoms with Gasteiger partial charge in [0.25, 0.3) is 0 Å². The van der Waals surface area contributed by atoms with Crippen LogP contribution in [0.1, 0.15) is 5.56 Å². The molecule has 0 amide bonds. The Bertz CT molecular complexity index is 320. The van der Waals surface area contributed by atoms with E-state index in [1.54, 1.807) is 18.2 Å². The molecular formula is C10H14ClNO3. The number of aliphatic hydroxyl groups excluding tert-OH is 2. The highest BCUT2D eigenvalue weighted by Crippen LogP contribution is 2.22. The summed E-state index contributed by atoms with van der Waals surface area (Å²) >= 11 is 5.91. The van der Waals surface area contributed by atoms with E-state index in [4.69, 9.17) is 32.3 Å². The van der Waals surface area contributed by atoms with Crippen molar-refractivity contribution in [2.24, 2.45) is 5.73 Å². The van der Waals surface area contributed by atoms with Crippen molar-refractivity contribution in [3.8, 4) is 5.75 Å². The molecule has 0 aliphatic rings. The largest absolute Gasteiger partial charge is 0.491 e. The van der Waals surface area contributed by atoms with E-state index in [1.165, 1.54) is 0 Å². The Hall–Kier alpha value is -0.810. The molecule has 0 aliphatic carbocycles. The fourth-order valence-corrected chi connectivity index (χ4v) is 1.28. The maximum Gasteiger partial charge on any atom is 0.120 e. The van der Waals surface area contributed by atoms with Crippen LogP contribution in [0.25, 0.3) is 0 Å². The second-order valence-corrected chi connectivity index (χ2v) is 3.51. The van der Waals surface area contributed by atoms with Gasteiger partial charge in [-0.15, -0.1) is 0 Å². The molecule has 0 heterocycles. The van der Waals surface area contributed by atoms with Gasteiger partial charge in [-0.25, -0.2) is 0 Å². The molecule has 4 N–H and O–H groups in total. The monoisotopic (exact) mass is 231 g/mol. The number of rotatable bonds is 5. The highest BCUT2D eigenvalue weighted by Gasteiger charge is 2.04. The average molecular weight is 232 g/mol. The normalized spacial score (nSPS) is 12.5. The van der Waals surface area contributed by atoms with Gasteiger partial charge < -0.3 is 20.7 Å². The zero-order valence-electron chi connectivity index (χ0n) is 8.19. The summed E-state index contributed by atoms with van der Waals surface area (Å²) < 4.78 is 5.20. The van der Waals surface area contributed by atoms with Gasteiger partial charge in [-0.05, 0) is 17.7 Å².